The van der Waals surface area contributed by atoms with E-state index in [2.05, 4.69) is 25.4 Å². The van der Waals surface area contributed by atoms with Crippen LogP contribution < -0.4 is 11.1 Å². The van der Waals surface area contributed by atoms with Crippen molar-refractivity contribution in [2.24, 2.45) is 0 Å². The number of nitrogens with one attached hydrogen (secondary N) is 1. The van der Waals surface area contributed by atoms with Crippen LogP contribution in [0.25, 0.3) is 21.9 Å². The molecule has 4 N–H and O–H groups in total. The molecule has 1 aromatic carbocycles. The Morgan fingerprint density at radius 1 is 1.06 bits per heavy atom. The van der Waals surface area contributed by atoms with Crippen molar-refractivity contribution in [1.29, 1.82) is 0 Å². The second-order valence-corrected chi connectivity index (χ2v) is 8.49. The lowest BCUT2D eigenvalue weighted by atomic mass is 9.98. The summed E-state index contributed by atoms with van der Waals surface area (Å²) < 4.78 is 33.4. The first-order valence-electron chi connectivity index (χ1n) is 10.9. The highest BCUT2D eigenvalue weighted by Gasteiger charge is 2.23. The SMILES string of the molecule is Cc1c(N)cncc1-c1cc2cc(Nc3cc4n(n3)Cc3nccn3CC4O)ncc2c(F)c1F. The molecule has 1 aliphatic heterocycles. The summed E-state index contributed by atoms with van der Waals surface area (Å²) in [5.41, 5.74) is 8.05. The summed E-state index contributed by atoms with van der Waals surface area (Å²) in [5, 5.41) is 18.7. The van der Waals surface area contributed by atoms with Gasteiger partial charge in [-0.15, -0.1) is 0 Å². The van der Waals surface area contributed by atoms with Crippen LogP contribution in [-0.2, 0) is 13.1 Å². The Hall–Kier alpha value is -4.38. The van der Waals surface area contributed by atoms with E-state index in [4.69, 9.17) is 5.73 Å². The molecular weight excluding hydrogens is 454 g/mol. The van der Waals surface area contributed by atoms with E-state index in [1.165, 1.54) is 18.6 Å². The molecule has 5 aromatic rings. The fourth-order valence-corrected chi connectivity index (χ4v) is 4.40. The Morgan fingerprint density at radius 2 is 1.91 bits per heavy atom. The predicted octanol–water partition coefficient (Wildman–Crippen LogP) is 3.70. The van der Waals surface area contributed by atoms with Gasteiger partial charge in [-0.1, -0.05) is 0 Å². The fraction of sp³-hybridized carbons (Fsp3) is 0.167. The number of hydrogen-bond acceptors (Lipinski definition) is 7. The molecule has 0 amide bonds. The van der Waals surface area contributed by atoms with Crippen LogP contribution in [0.3, 0.4) is 0 Å². The number of imidazole rings is 1. The number of pyridine rings is 2. The van der Waals surface area contributed by atoms with Gasteiger partial charge >= 0.3 is 0 Å². The summed E-state index contributed by atoms with van der Waals surface area (Å²) >= 11 is 0. The number of rotatable bonds is 3. The Kier molecular flexibility index (Phi) is 4.74. The zero-order valence-electron chi connectivity index (χ0n) is 18.6. The zero-order chi connectivity index (χ0) is 24.3. The van der Waals surface area contributed by atoms with Gasteiger partial charge in [-0.25, -0.2) is 18.7 Å². The molecular formula is C24H20F2N8O. The van der Waals surface area contributed by atoms with Crippen molar-refractivity contribution in [3.05, 3.63) is 77.9 Å². The number of nitrogens with two attached hydrogens (primary N) is 1. The van der Waals surface area contributed by atoms with E-state index >= 15 is 0 Å². The summed E-state index contributed by atoms with van der Waals surface area (Å²) in [6.07, 6.45) is 6.96. The van der Waals surface area contributed by atoms with Gasteiger partial charge in [0.05, 0.1) is 30.7 Å². The molecule has 11 heteroatoms. The number of aromatic nitrogens is 6. The minimum Gasteiger partial charge on any atom is -0.397 e. The maximum absolute atomic E-state index is 14.9. The number of halogens is 2. The van der Waals surface area contributed by atoms with Crippen LogP contribution in [0.15, 0.2) is 49.2 Å². The molecule has 0 spiro atoms. The largest absolute Gasteiger partial charge is 0.397 e. The topological polar surface area (TPSA) is 120 Å². The van der Waals surface area contributed by atoms with Gasteiger partial charge in [0.15, 0.2) is 17.5 Å². The molecule has 0 radical (unpaired) electrons. The first-order valence-corrected chi connectivity index (χ1v) is 10.9. The van der Waals surface area contributed by atoms with Crippen molar-refractivity contribution in [3.8, 4) is 11.1 Å². The van der Waals surface area contributed by atoms with Gasteiger partial charge in [0.2, 0.25) is 0 Å². The van der Waals surface area contributed by atoms with Crippen LogP contribution in [0.1, 0.15) is 23.2 Å². The first-order chi connectivity index (χ1) is 16.9. The molecule has 0 bridgehead atoms. The Bertz CT molecular complexity index is 1610. The number of hydrogen-bond donors (Lipinski definition) is 3. The van der Waals surface area contributed by atoms with Crippen molar-refractivity contribution in [1.82, 2.24) is 29.3 Å². The second-order valence-electron chi connectivity index (χ2n) is 8.49. The van der Waals surface area contributed by atoms with Crippen molar-refractivity contribution < 1.29 is 13.9 Å². The third kappa shape index (κ3) is 3.48. The van der Waals surface area contributed by atoms with Crippen molar-refractivity contribution in [3.63, 3.8) is 0 Å². The molecule has 0 aliphatic carbocycles. The molecule has 1 atom stereocenters. The minimum absolute atomic E-state index is 0.0502. The van der Waals surface area contributed by atoms with Gasteiger partial charge in [-0.3, -0.25) is 9.67 Å². The first kappa shape index (κ1) is 21.2. The van der Waals surface area contributed by atoms with Gasteiger partial charge in [0.25, 0.3) is 0 Å². The summed E-state index contributed by atoms with van der Waals surface area (Å²) in [7, 11) is 0. The highest BCUT2D eigenvalue weighted by molar-refractivity contribution is 5.90. The highest BCUT2D eigenvalue weighted by Crippen LogP contribution is 2.34. The zero-order valence-corrected chi connectivity index (χ0v) is 18.6. The average molecular weight is 474 g/mol. The van der Waals surface area contributed by atoms with E-state index in [1.54, 1.807) is 36.0 Å². The van der Waals surface area contributed by atoms with Gasteiger partial charge in [-0.2, -0.15) is 5.10 Å². The normalized spacial score (nSPS) is 15.0. The molecule has 0 saturated carbocycles. The average Bonchev–Trinajstić information content (AvgIpc) is 3.42. The number of nitrogen functional groups attached to an aromatic ring is 1. The number of aliphatic hydroxyl groups is 1. The summed E-state index contributed by atoms with van der Waals surface area (Å²) in [6, 6.07) is 4.90. The smallest absolute Gasteiger partial charge is 0.168 e. The Morgan fingerprint density at radius 3 is 2.77 bits per heavy atom. The van der Waals surface area contributed by atoms with E-state index in [0.717, 1.165) is 5.82 Å². The Balaban J connectivity index is 1.37. The number of aliphatic hydroxyl groups excluding tert-OH is 1. The summed E-state index contributed by atoms with van der Waals surface area (Å²) in [4.78, 5) is 12.6. The lowest BCUT2D eigenvalue weighted by molar-refractivity contribution is 0.151. The maximum Gasteiger partial charge on any atom is 0.168 e. The molecule has 6 rings (SSSR count). The van der Waals surface area contributed by atoms with Crippen molar-refractivity contribution in [2.45, 2.75) is 26.1 Å². The third-order valence-electron chi connectivity index (χ3n) is 6.32. The predicted molar refractivity (Wildman–Crippen MR) is 126 cm³/mol. The molecule has 35 heavy (non-hydrogen) atoms. The quantitative estimate of drug-likeness (QED) is 0.365. The Labute approximate surface area is 197 Å². The van der Waals surface area contributed by atoms with Crippen molar-refractivity contribution in [2.75, 3.05) is 11.1 Å². The molecule has 9 nitrogen and oxygen atoms in total. The third-order valence-corrected chi connectivity index (χ3v) is 6.32. The van der Waals surface area contributed by atoms with Crippen LogP contribution >= 0.6 is 0 Å². The molecule has 5 heterocycles. The monoisotopic (exact) mass is 474 g/mol. The highest BCUT2D eigenvalue weighted by atomic mass is 19.2. The van der Waals surface area contributed by atoms with Crippen LogP contribution in [-0.4, -0.2) is 34.4 Å². The lowest BCUT2D eigenvalue weighted by Gasteiger charge is -2.12. The standard InChI is InChI=1S/C24H20F2N8O/c1-12-15(7-28-9-17(12)27)14-4-13-5-20(30-8-16(13)24(26)23(14)25)31-21-6-18-19(35)10-33-3-2-29-22(33)11-34(18)32-21/h2-9,19,35H,10-11,27H2,1H3,(H,30,31,32). The van der Waals surface area contributed by atoms with Gasteiger partial charge < -0.3 is 20.7 Å². The number of fused-ring (bicyclic) bond motifs is 3. The second kappa shape index (κ2) is 7.84. The van der Waals surface area contributed by atoms with Crippen LogP contribution in [0.4, 0.5) is 26.1 Å². The summed E-state index contributed by atoms with van der Waals surface area (Å²) in [5.74, 6) is -0.338. The molecule has 1 unspecified atom stereocenters. The fourth-order valence-electron chi connectivity index (χ4n) is 4.40. The van der Waals surface area contributed by atoms with Crippen LogP contribution in [0.2, 0.25) is 0 Å². The maximum atomic E-state index is 14.9. The lowest BCUT2D eigenvalue weighted by Crippen LogP contribution is -2.07. The van der Waals surface area contributed by atoms with Gasteiger partial charge in [0.1, 0.15) is 17.7 Å². The number of benzene rings is 1. The van der Waals surface area contributed by atoms with Crippen molar-refractivity contribution >= 4 is 28.1 Å². The minimum atomic E-state index is -0.995. The van der Waals surface area contributed by atoms with E-state index < -0.39 is 17.7 Å². The van der Waals surface area contributed by atoms with E-state index in [9.17, 15) is 13.9 Å². The van der Waals surface area contributed by atoms with Crippen LogP contribution in [0, 0.1) is 18.6 Å². The van der Waals surface area contributed by atoms with E-state index in [-0.39, 0.29) is 10.9 Å². The van der Waals surface area contributed by atoms with E-state index in [0.29, 0.717) is 52.6 Å². The number of anilines is 3. The molecule has 176 valence electrons. The molecule has 4 aromatic heterocycles. The van der Waals surface area contributed by atoms with E-state index in [1.807, 2.05) is 10.8 Å². The van der Waals surface area contributed by atoms with Gasteiger partial charge in [0, 0.05) is 47.4 Å². The summed E-state index contributed by atoms with van der Waals surface area (Å²) in [6.45, 7) is 2.52. The molecule has 1 aliphatic rings. The number of nitrogens with zero attached hydrogens (tertiary/aromatic N) is 6. The molecule has 0 saturated heterocycles. The molecule has 0 fully saturated rings. The van der Waals surface area contributed by atoms with Gasteiger partial charge in [-0.05, 0) is 30.0 Å². The van der Waals surface area contributed by atoms with Crippen LogP contribution in [0.5, 0.6) is 0 Å².